The molecule has 0 radical (unpaired) electrons. The van der Waals surface area contributed by atoms with Crippen molar-refractivity contribution < 1.29 is 18.1 Å². The van der Waals surface area contributed by atoms with E-state index in [1.165, 1.54) is 82.8 Å². The average Bonchev–Trinajstić information content (AvgIpc) is 2.60. The van der Waals surface area contributed by atoms with Crippen LogP contribution in [0.5, 0.6) is 5.75 Å². The molecule has 1 aromatic carbocycles. The third-order valence-electron chi connectivity index (χ3n) is 4.99. The van der Waals surface area contributed by atoms with E-state index in [2.05, 4.69) is 19.6 Å². The highest BCUT2D eigenvalue weighted by atomic mass is 32.2. The summed E-state index contributed by atoms with van der Waals surface area (Å²) in [5.74, 6) is -0.417. The van der Waals surface area contributed by atoms with Gasteiger partial charge < -0.3 is 5.11 Å². The zero-order valence-corrected chi connectivity index (χ0v) is 18.3. The molecule has 0 bridgehead atoms. The van der Waals surface area contributed by atoms with Gasteiger partial charge in [-0.2, -0.15) is 8.42 Å². The summed E-state index contributed by atoms with van der Waals surface area (Å²) < 4.78 is 31.4. The second kappa shape index (κ2) is 13.5. The van der Waals surface area contributed by atoms with E-state index in [4.69, 9.17) is 4.55 Å². The molecule has 156 valence electrons. The monoisotopic (exact) mass is 416 g/mol. The second-order valence-electron chi connectivity index (χ2n) is 7.42. The van der Waals surface area contributed by atoms with Gasteiger partial charge in [0.1, 0.15) is 10.6 Å². The first-order chi connectivity index (χ1) is 12.9. The van der Waals surface area contributed by atoms with Gasteiger partial charge in [0.25, 0.3) is 10.1 Å². The van der Waals surface area contributed by atoms with Gasteiger partial charge >= 0.3 is 0 Å². The van der Waals surface area contributed by atoms with Crippen LogP contribution in [-0.2, 0) is 16.5 Å². The number of phenolic OH excluding ortho intramolecular Hbond substituents is 1. The maximum Gasteiger partial charge on any atom is 0.298 e. The first-order valence-electron chi connectivity index (χ1n) is 10.4. The molecule has 0 aromatic heterocycles. The number of benzene rings is 1. The number of unbranched alkanes of at least 4 members (excludes halogenated alkanes) is 12. The highest BCUT2D eigenvalue weighted by Gasteiger charge is 2.17. The molecule has 4 nitrogen and oxygen atoms in total. The topological polar surface area (TPSA) is 74.6 Å². The van der Waals surface area contributed by atoms with Crippen molar-refractivity contribution in [2.45, 2.75) is 107 Å². The molecule has 1 rings (SSSR count). The summed E-state index contributed by atoms with van der Waals surface area (Å²) in [6, 6.07) is 2.61. The second-order valence-corrected chi connectivity index (χ2v) is 9.29. The number of hydrogen-bond donors (Lipinski definition) is 3. The van der Waals surface area contributed by atoms with Gasteiger partial charge in [-0.3, -0.25) is 4.55 Å². The minimum absolute atomic E-state index is 0.417. The van der Waals surface area contributed by atoms with E-state index >= 15 is 0 Å². The van der Waals surface area contributed by atoms with E-state index in [0.717, 1.165) is 24.8 Å². The average molecular weight is 417 g/mol. The van der Waals surface area contributed by atoms with Crippen LogP contribution in [-0.4, -0.2) is 18.1 Å². The maximum atomic E-state index is 11.2. The molecule has 0 saturated carbocycles. The molecule has 1 aromatic rings. The summed E-state index contributed by atoms with van der Waals surface area (Å²) in [5.41, 5.74) is 0.811. The predicted molar refractivity (Wildman–Crippen MR) is 115 cm³/mol. The minimum Gasteiger partial charge on any atom is -0.506 e. The van der Waals surface area contributed by atoms with Crippen LogP contribution in [0.3, 0.4) is 0 Å². The Balaban J connectivity index is 2.11. The Labute approximate surface area is 170 Å². The van der Waals surface area contributed by atoms with Crippen molar-refractivity contribution in [3.63, 3.8) is 0 Å². The zero-order valence-electron chi connectivity index (χ0n) is 16.6. The molecule has 2 N–H and O–H groups in total. The highest BCUT2D eigenvalue weighted by Crippen LogP contribution is 2.29. The fourth-order valence-corrected chi connectivity index (χ4v) is 4.32. The van der Waals surface area contributed by atoms with Crippen molar-refractivity contribution in [1.29, 1.82) is 0 Å². The van der Waals surface area contributed by atoms with Crippen LogP contribution in [0.25, 0.3) is 0 Å². The molecule has 0 amide bonds. The van der Waals surface area contributed by atoms with Gasteiger partial charge in [0.05, 0.1) is 0 Å². The molecule has 0 aliphatic heterocycles. The lowest BCUT2D eigenvalue weighted by Gasteiger charge is -2.09. The van der Waals surface area contributed by atoms with Crippen LogP contribution in [0.4, 0.5) is 0 Å². The molecule has 0 unspecified atom stereocenters. The molecule has 0 aliphatic rings. The summed E-state index contributed by atoms with van der Waals surface area (Å²) in [4.78, 5) is 0.000903. The lowest BCUT2D eigenvalue weighted by Crippen LogP contribution is -2.00. The van der Waals surface area contributed by atoms with E-state index in [-0.39, 0.29) is 0 Å². The van der Waals surface area contributed by atoms with Crippen molar-refractivity contribution in [1.82, 2.24) is 0 Å². The van der Waals surface area contributed by atoms with Crippen LogP contribution in [0.15, 0.2) is 21.9 Å². The Kier molecular flexibility index (Phi) is 12.1. The summed E-state index contributed by atoms with van der Waals surface area (Å²) in [6.07, 6.45) is 17.5. The van der Waals surface area contributed by atoms with Crippen LogP contribution < -0.4 is 0 Å². The van der Waals surface area contributed by atoms with Crippen molar-refractivity contribution >= 4 is 22.7 Å². The Hall–Kier alpha value is -0.720. The highest BCUT2D eigenvalue weighted by molar-refractivity contribution is 7.86. The molecule has 0 heterocycles. The van der Waals surface area contributed by atoms with Gasteiger partial charge in [-0.1, -0.05) is 84.0 Å². The fraction of sp³-hybridized carbons (Fsp3) is 0.714. The summed E-state index contributed by atoms with van der Waals surface area (Å²) in [7, 11) is -4.42. The molecule has 0 aliphatic carbocycles. The smallest absolute Gasteiger partial charge is 0.298 e. The van der Waals surface area contributed by atoms with E-state index in [0.29, 0.717) is 4.90 Å². The van der Waals surface area contributed by atoms with Gasteiger partial charge in [-0.05, 0) is 30.5 Å². The van der Waals surface area contributed by atoms with Crippen LogP contribution in [0, 0.1) is 0 Å². The quantitative estimate of drug-likeness (QED) is 0.172. The summed E-state index contributed by atoms with van der Waals surface area (Å²) in [6.45, 7) is 2.25. The Morgan fingerprint density at radius 3 is 1.70 bits per heavy atom. The van der Waals surface area contributed by atoms with E-state index in [1.54, 1.807) is 0 Å². The largest absolute Gasteiger partial charge is 0.506 e. The molecule has 0 fully saturated rings. The molecular weight excluding hydrogens is 380 g/mol. The van der Waals surface area contributed by atoms with Gasteiger partial charge in [0.2, 0.25) is 0 Å². The Bertz CT molecular complexity index is 642. The van der Waals surface area contributed by atoms with Crippen molar-refractivity contribution in [3.8, 4) is 5.75 Å². The van der Waals surface area contributed by atoms with Gasteiger partial charge in [-0.15, -0.1) is 12.6 Å². The first-order valence-corrected chi connectivity index (χ1v) is 12.3. The Morgan fingerprint density at radius 2 is 1.26 bits per heavy atom. The summed E-state index contributed by atoms with van der Waals surface area (Å²) in [5, 5.41) is 9.78. The normalized spacial score (nSPS) is 11.8. The lowest BCUT2D eigenvalue weighted by atomic mass is 10.0. The minimum atomic E-state index is -4.42. The van der Waals surface area contributed by atoms with Crippen LogP contribution in [0.2, 0.25) is 0 Å². The molecule has 6 heteroatoms. The maximum absolute atomic E-state index is 11.2. The number of hydrogen-bond acceptors (Lipinski definition) is 4. The standard InChI is InChI=1S/C21H36O4S2/c1-2-3-4-5-6-7-8-9-10-11-12-13-14-15-18-16-19(22)21(17-20(18)26)27(23,24)25/h16-17,22,26H,2-15H2,1H3,(H,23,24,25). The van der Waals surface area contributed by atoms with Crippen molar-refractivity contribution in [2.24, 2.45) is 0 Å². The van der Waals surface area contributed by atoms with E-state index < -0.39 is 20.8 Å². The van der Waals surface area contributed by atoms with Crippen LogP contribution in [0.1, 0.15) is 96.0 Å². The van der Waals surface area contributed by atoms with Gasteiger partial charge in [0.15, 0.2) is 0 Å². The van der Waals surface area contributed by atoms with Gasteiger partial charge in [-0.25, -0.2) is 0 Å². The number of phenols is 1. The van der Waals surface area contributed by atoms with E-state index in [9.17, 15) is 13.5 Å². The predicted octanol–water partition coefficient (Wildman–Crippen LogP) is 6.56. The number of aryl methyl sites for hydroxylation is 1. The molecule has 27 heavy (non-hydrogen) atoms. The zero-order chi connectivity index (χ0) is 20.1. The number of thiol groups is 1. The van der Waals surface area contributed by atoms with Crippen molar-refractivity contribution in [3.05, 3.63) is 17.7 Å². The number of aromatic hydroxyl groups is 1. The molecule has 0 spiro atoms. The van der Waals surface area contributed by atoms with Crippen molar-refractivity contribution in [2.75, 3.05) is 0 Å². The first kappa shape index (κ1) is 24.3. The fourth-order valence-electron chi connectivity index (χ4n) is 3.34. The third-order valence-corrected chi connectivity index (χ3v) is 6.29. The van der Waals surface area contributed by atoms with E-state index in [1.807, 2.05) is 0 Å². The number of rotatable bonds is 15. The summed E-state index contributed by atoms with van der Waals surface area (Å²) >= 11 is 4.28. The SMILES string of the molecule is CCCCCCCCCCCCCCCc1cc(O)c(S(=O)(=O)O)cc1S. The molecule has 0 atom stereocenters. The van der Waals surface area contributed by atoms with Gasteiger partial charge in [0, 0.05) is 4.90 Å². The molecule has 0 saturated heterocycles. The Morgan fingerprint density at radius 1 is 0.815 bits per heavy atom. The lowest BCUT2D eigenvalue weighted by molar-refractivity contribution is 0.441. The third kappa shape index (κ3) is 10.4. The van der Waals surface area contributed by atoms with Crippen LogP contribution >= 0.6 is 12.6 Å². The molecular formula is C21H36O4S2.